The second-order valence-electron chi connectivity index (χ2n) is 4.87. The van der Waals surface area contributed by atoms with Crippen molar-refractivity contribution in [3.8, 4) is 0 Å². The highest BCUT2D eigenvalue weighted by atomic mass is 32.2. The Labute approximate surface area is 128 Å². The minimum absolute atomic E-state index is 0.0505. The van der Waals surface area contributed by atoms with E-state index in [1.54, 1.807) is 0 Å². The van der Waals surface area contributed by atoms with Gasteiger partial charge in [0.15, 0.2) is 0 Å². The maximum atomic E-state index is 11.9. The van der Waals surface area contributed by atoms with Crippen molar-refractivity contribution in [2.75, 3.05) is 11.1 Å². The van der Waals surface area contributed by atoms with Gasteiger partial charge in [0.2, 0.25) is 11.1 Å². The molecule has 1 amide bonds. The third-order valence-electron chi connectivity index (χ3n) is 2.91. The zero-order chi connectivity index (χ0) is 15.1. The predicted octanol–water partition coefficient (Wildman–Crippen LogP) is 3.19. The van der Waals surface area contributed by atoms with E-state index in [9.17, 15) is 4.79 Å². The summed E-state index contributed by atoms with van der Waals surface area (Å²) in [5.74, 6) is 1.14. The van der Waals surface area contributed by atoms with Crippen molar-refractivity contribution < 1.29 is 4.79 Å². The number of H-pyrrole nitrogens is 1. The third-order valence-corrected chi connectivity index (χ3v) is 3.76. The molecule has 0 unspecified atom stereocenters. The zero-order valence-corrected chi connectivity index (χ0v) is 13.2. The Hall–Kier alpha value is -1.82. The monoisotopic (exact) mass is 304 g/mol. The highest BCUT2D eigenvalue weighted by Crippen LogP contribution is 2.15. The first-order valence-electron chi connectivity index (χ1n) is 7.08. The lowest BCUT2D eigenvalue weighted by Gasteiger charge is -2.04. The maximum absolute atomic E-state index is 11.9. The summed E-state index contributed by atoms with van der Waals surface area (Å²) in [6.45, 7) is 4.14. The summed E-state index contributed by atoms with van der Waals surface area (Å²) < 4.78 is 0. The van der Waals surface area contributed by atoms with Crippen molar-refractivity contribution in [2.24, 2.45) is 0 Å². The zero-order valence-electron chi connectivity index (χ0n) is 12.3. The van der Waals surface area contributed by atoms with Crippen molar-refractivity contribution in [1.82, 2.24) is 15.2 Å². The number of carbonyl (C=O) groups is 1. The van der Waals surface area contributed by atoms with Gasteiger partial charge in [0, 0.05) is 12.1 Å². The minimum Gasteiger partial charge on any atom is -0.325 e. The molecule has 0 fully saturated rings. The van der Waals surface area contributed by atoms with Gasteiger partial charge in [0.1, 0.15) is 5.82 Å². The lowest BCUT2D eigenvalue weighted by molar-refractivity contribution is -0.113. The molecule has 6 heteroatoms. The number of amides is 1. The number of rotatable bonds is 7. The van der Waals surface area contributed by atoms with E-state index >= 15 is 0 Å². The Morgan fingerprint density at radius 3 is 3.05 bits per heavy atom. The lowest BCUT2D eigenvalue weighted by Crippen LogP contribution is -2.14. The molecular formula is C15H20N4OS. The van der Waals surface area contributed by atoms with Gasteiger partial charge >= 0.3 is 0 Å². The summed E-state index contributed by atoms with van der Waals surface area (Å²) in [5.41, 5.74) is 1.94. The second-order valence-corrected chi connectivity index (χ2v) is 5.82. The first-order chi connectivity index (χ1) is 10.2. The summed E-state index contributed by atoms with van der Waals surface area (Å²) >= 11 is 1.34. The van der Waals surface area contributed by atoms with Gasteiger partial charge in [0.25, 0.3) is 0 Å². The van der Waals surface area contributed by atoms with Crippen LogP contribution < -0.4 is 5.32 Å². The van der Waals surface area contributed by atoms with E-state index in [4.69, 9.17) is 0 Å². The number of unbranched alkanes of at least 4 members (excludes halogenated alkanes) is 1. The molecule has 0 bridgehead atoms. The van der Waals surface area contributed by atoms with Crippen LogP contribution in [0.15, 0.2) is 29.4 Å². The molecule has 21 heavy (non-hydrogen) atoms. The highest BCUT2D eigenvalue weighted by Gasteiger charge is 2.08. The van der Waals surface area contributed by atoms with E-state index in [0.717, 1.165) is 36.3 Å². The number of aromatic amines is 1. The van der Waals surface area contributed by atoms with Crippen LogP contribution in [0.3, 0.4) is 0 Å². The SMILES string of the molecule is CCCCc1nc(SCC(=O)Nc2cccc(C)c2)n[nH]1. The van der Waals surface area contributed by atoms with E-state index in [1.165, 1.54) is 11.8 Å². The number of nitrogens with one attached hydrogen (secondary N) is 2. The predicted molar refractivity (Wildman–Crippen MR) is 85.5 cm³/mol. The van der Waals surface area contributed by atoms with Crippen molar-refractivity contribution in [1.29, 1.82) is 0 Å². The van der Waals surface area contributed by atoms with E-state index in [1.807, 2.05) is 31.2 Å². The van der Waals surface area contributed by atoms with Crippen LogP contribution in [0.1, 0.15) is 31.2 Å². The van der Waals surface area contributed by atoms with Crippen LogP contribution in [0, 0.1) is 6.92 Å². The topological polar surface area (TPSA) is 70.7 Å². The summed E-state index contributed by atoms with van der Waals surface area (Å²) in [7, 11) is 0. The Kier molecular flexibility index (Phi) is 5.80. The summed E-state index contributed by atoms with van der Waals surface area (Å²) in [6, 6.07) is 7.74. The molecule has 0 radical (unpaired) electrons. The minimum atomic E-state index is -0.0505. The quantitative estimate of drug-likeness (QED) is 0.771. The van der Waals surface area contributed by atoms with Gasteiger partial charge in [-0.3, -0.25) is 9.89 Å². The molecule has 0 aliphatic heterocycles. The Bertz CT molecular complexity index is 597. The van der Waals surface area contributed by atoms with Crippen molar-refractivity contribution >= 4 is 23.4 Å². The second kappa shape index (κ2) is 7.83. The number of benzene rings is 1. The average molecular weight is 304 g/mol. The van der Waals surface area contributed by atoms with Crippen molar-refractivity contribution in [3.05, 3.63) is 35.7 Å². The van der Waals surface area contributed by atoms with Crippen LogP contribution in [0.4, 0.5) is 5.69 Å². The number of hydrogen-bond acceptors (Lipinski definition) is 4. The molecule has 5 nitrogen and oxygen atoms in total. The molecule has 1 heterocycles. The first-order valence-corrected chi connectivity index (χ1v) is 8.06. The van der Waals surface area contributed by atoms with Gasteiger partial charge < -0.3 is 5.32 Å². The smallest absolute Gasteiger partial charge is 0.234 e. The van der Waals surface area contributed by atoms with E-state index in [-0.39, 0.29) is 5.91 Å². The number of hydrogen-bond donors (Lipinski definition) is 2. The molecule has 112 valence electrons. The van der Waals surface area contributed by atoms with Gasteiger partial charge in [-0.15, -0.1) is 5.10 Å². The Morgan fingerprint density at radius 2 is 2.29 bits per heavy atom. The van der Waals surface area contributed by atoms with Crippen LogP contribution in [0.25, 0.3) is 0 Å². The van der Waals surface area contributed by atoms with Gasteiger partial charge in [0.05, 0.1) is 5.75 Å². The molecule has 1 aromatic carbocycles. The van der Waals surface area contributed by atoms with Crippen LogP contribution >= 0.6 is 11.8 Å². The standard InChI is InChI=1S/C15H20N4OS/c1-3-4-8-13-17-15(19-18-13)21-10-14(20)16-12-7-5-6-11(2)9-12/h5-7,9H,3-4,8,10H2,1-2H3,(H,16,20)(H,17,18,19). The number of nitrogens with zero attached hydrogens (tertiary/aromatic N) is 2. The average Bonchev–Trinajstić information content (AvgIpc) is 2.91. The summed E-state index contributed by atoms with van der Waals surface area (Å²) in [4.78, 5) is 16.2. The maximum Gasteiger partial charge on any atom is 0.234 e. The van der Waals surface area contributed by atoms with Crippen LogP contribution in [-0.2, 0) is 11.2 Å². The molecule has 0 aliphatic rings. The number of aryl methyl sites for hydroxylation is 2. The highest BCUT2D eigenvalue weighted by molar-refractivity contribution is 7.99. The first kappa shape index (κ1) is 15.6. The number of thioether (sulfide) groups is 1. The molecule has 0 saturated carbocycles. The van der Waals surface area contributed by atoms with E-state index in [2.05, 4.69) is 27.4 Å². The molecule has 0 spiro atoms. The molecule has 0 saturated heterocycles. The molecule has 0 atom stereocenters. The van der Waals surface area contributed by atoms with Crippen LogP contribution in [0.5, 0.6) is 0 Å². The Balaban J connectivity index is 1.79. The molecule has 2 aromatic rings. The normalized spacial score (nSPS) is 10.6. The third kappa shape index (κ3) is 5.23. The lowest BCUT2D eigenvalue weighted by atomic mass is 10.2. The fourth-order valence-corrected chi connectivity index (χ4v) is 2.47. The molecule has 0 aliphatic carbocycles. The number of anilines is 1. The van der Waals surface area contributed by atoms with Crippen molar-refractivity contribution in [2.45, 2.75) is 38.3 Å². The summed E-state index contributed by atoms with van der Waals surface area (Å²) in [6.07, 6.45) is 3.12. The van der Waals surface area contributed by atoms with Crippen LogP contribution in [-0.4, -0.2) is 26.8 Å². The fourth-order valence-electron chi connectivity index (χ4n) is 1.85. The fraction of sp³-hybridized carbons (Fsp3) is 0.400. The van der Waals surface area contributed by atoms with Crippen LogP contribution in [0.2, 0.25) is 0 Å². The van der Waals surface area contributed by atoms with E-state index in [0.29, 0.717) is 10.9 Å². The number of aromatic nitrogens is 3. The molecule has 2 rings (SSSR count). The summed E-state index contributed by atoms with van der Waals surface area (Å²) in [5, 5.41) is 10.5. The largest absolute Gasteiger partial charge is 0.325 e. The number of carbonyl (C=O) groups excluding carboxylic acids is 1. The van der Waals surface area contributed by atoms with Crippen molar-refractivity contribution in [3.63, 3.8) is 0 Å². The molecular weight excluding hydrogens is 284 g/mol. The van der Waals surface area contributed by atoms with E-state index < -0.39 is 0 Å². The van der Waals surface area contributed by atoms with Gasteiger partial charge in [-0.2, -0.15) is 0 Å². The van der Waals surface area contributed by atoms with Gasteiger partial charge in [-0.05, 0) is 31.0 Å². The molecule has 2 N–H and O–H groups in total. The molecule has 1 aromatic heterocycles. The Morgan fingerprint density at radius 1 is 1.43 bits per heavy atom. The van der Waals surface area contributed by atoms with Gasteiger partial charge in [-0.25, -0.2) is 4.98 Å². The van der Waals surface area contributed by atoms with Gasteiger partial charge in [-0.1, -0.05) is 37.2 Å².